The predicted octanol–water partition coefficient (Wildman–Crippen LogP) is 1.33. The van der Waals surface area contributed by atoms with Crippen LogP contribution < -0.4 is 16.4 Å². The van der Waals surface area contributed by atoms with Crippen molar-refractivity contribution in [2.24, 2.45) is 5.73 Å². The lowest BCUT2D eigenvalue weighted by molar-refractivity contribution is -0.117. The SMILES string of the molecule is C[C@H](N)C(=O)Nc1ccc2c(c1)CCCN2. The molecule has 4 nitrogen and oxygen atoms in total. The number of carbonyl (C=O) groups excluding carboxylic acids is 1. The van der Waals surface area contributed by atoms with Gasteiger partial charge in [-0.2, -0.15) is 0 Å². The van der Waals surface area contributed by atoms with Gasteiger partial charge in [0.15, 0.2) is 0 Å². The summed E-state index contributed by atoms with van der Waals surface area (Å²) in [4.78, 5) is 11.4. The van der Waals surface area contributed by atoms with Gasteiger partial charge in [-0.1, -0.05) is 0 Å². The monoisotopic (exact) mass is 219 g/mol. The van der Waals surface area contributed by atoms with Crippen LogP contribution >= 0.6 is 0 Å². The molecular weight excluding hydrogens is 202 g/mol. The second-order valence-electron chi connectivity index (χ2n) is 4.18. The van der Waals surface area contributed by atoms with Crippen LogP contribution in [-0.4, -0.2) is 18.5 Å². The molecule has 0 unspecified atom stereocenters. The third-order valence-corrected chi connectivity index (χ3v) is 2.72. The minimum Gasteiger partial charge on any atom is -0.385 e. The Morgan fingerprint density at radius 1 is 1.56 bits per heavy atom. The fraction of sp³-hybridized carbons (Fsp3) is 0.417. The van der Waals surface area contributed by atoms with Crippen molar-refractivity contribution in [2.75, 3.05) is 17.2 Å². The summed E-state index contributed by atoms with van der Waals surface area (Å²) >= 11 is 0. The summed E-state index contributed by atoms with van der Waals surface area (Å²) in [7, 11) is 0. The molecule has 1 amide bonds. The summed E-state index contributed by atoms with van der Waals surface area (Å²) in [5.74, 6) is -0.149. The van der Waals surface area contributed by atoms with E-state index < -0.39 is 6.04 Å². The molecule has 1 aromatic rings. The van der Waals surface area contributed by atoms with Crippen LogP contribution in [0.1, 0.15) is 18.9 Å². The molecule has 2 rings (SSSR count). The molecule has 4 N–H and O–H groups in total. The number of fused-ring (bicyclic) bond motifs is 1. The smallest absolute Gasteiger partial charge is 0.240 e. The van der Waals surface area contributed by atoms with Gasteiger partial charge in [0.1, 0.15) is 0 Å². The van der Waals surface area contributed by atoms with E-state index in [1.807, 2.05) is 18.2 Å². The largest absolute Gasteiger partial charge is 0.385 e. The van der Waals surface area contributed by atoms with Crippen LogP contribution in [0.25, 0.3) is 0 Å². The maximum atomic E-state index is 11.4. The molecule has 0 spiro atoms. The number of rotatable bonds is 2. The van der Waals surface area contributed by atoms with Crippen LogP contribution in [0, 0.1) is 0 Å². The third kappa shape index (κ3) is 2.33. The summed E-state index contributed by atoms with van der Waals surface area (Å²) in [5.41, 5.74) is 8.75. The van der Waals surface area contributed by atoms with E-state index in [0.29, 0.717) is 0 Å². The van der Waals surface area contributed by atoms with Gasteiger partial charge in [-0.25, -0.2) is 0 Å². The molecule has 0 fully saturated rings. The molecule has 86 valence electrons. The second kappa shape index (κ2) is 4.53. The van der Waals surface area contributed by atoms with Gasteiger partial charge in [0.25, 0.3) is 0 Å². The van der Waals surface area contributed by atoms with Crippen molar-refractivity contribution in [3.63, 3.8) is 0 Å². The van der Waals surface area contributed by atoms with Gasteiger partial charge in [-0.05, 0) is 43.5 Å². The number of hydrogen-bond acceptors (Lipinski definition) is 3. The molecular formula is C12H17N3O. The van der Waals surface area contributed by atoms with Gasteiger partial charge < -0.3 is 16.4 Å². The minimum atomic E-state index is -0.478. The lowest BCUT2D eigenvalue weighted by Gasteiger charge is -2.19. The first-order chi connectivity index (χ1) is 7.66. The molecule has 4 heteroatoms. The first-order valence-corrected chi connectivity index (χ1v) is 5.60. The highest BCUT2D eigenvalue weighted by molar-refractivity contribution is 5.94. The quantitative estimate of drug-likeness (QED) is 0.703. The Hall–Kier alpha value is -1.55. The van der Waals surface area contributed by atoms with Crippen LogP contribution in [-0.2, 0) is 11.2 Å². The Morgan fingerprint density at radius 2 is 2.38 bits per heavy atom. The van der Waals surface area contributed by atoms with E-state index in [1.54, 1.807) is 6.92 Å². The lowest BCUT2D eigenvalue weighted by Crippen LogP contribution is -2.32. The van der Waals surface area contributed by atoms with Crippen molar-refractivity contribution >= 4 is 17.3 Å². The van der Waals surface area contributed by atoms with Gasteiger partial charge >= 0.3 is 0 Å². The second-order valence-corrected chi connectivity index (χ2v) is 4.18. The molecule has 0 radical (unpaired) electrons. The van der Waals surface area contributed by atoms with E-state index in [0.717, 1.165) is 25.1 Å². The van der Waals surface area contributed by atoms with Crippen molar-refractivity contribution in [1.29, 1.82) is 0 Å². The number of carbonyl (C=O) groups is 1. The highest BCUT2D eigenvalue weighted by Gasteiger charge is 2.11. The van der Waals surface area contributed by atoms with Crippen molar-refractivity contribution in [1.82, 2.24) is 0 Å². The summed E-state index contributed by atoms with van der Waals surface area (Å²) in [6, 6.07) is 5.44. The first-order valence-electron chi connectivity index (χ1n) is 5.60. The molecule has 1 aliphatic rings. The van der Waals surface area contributed by atoms with Crippen LogP contribution in [0.3, 0.4) is 0 Å². The minimum absolute atomic E-state index is 0.149. The maximum absolute atomic E-state index is 11.4. The fourth-order valence-corrected chi connectivity index (χ4v) is 1.81. The van der Waals surface area contributed by atoms with Crippen molar-refractivity contribution in [3.8, 4) is 0 Å². The van der Waals surface area contributed by atoms with Crippen molar-refractivity contribution in [3.05, 3.63) is 23.8 Å². The van der Waals surface area contributed by atoms with Crippen LogP contribution in [0.5, 0.6) is 0 Å². The molecule has 16 heavy (non-hydrogen) atoms. The molecule has 1 heterocycles. The van der Waals surface area contributed by atoms with E-state index in [1.165, 1.54) is 11.3 Å². The van der Waals surface area contributed by atoms with Crippen LogP contribution in [0.15, 0.2) is 18.2 Å². The average Bonchev–Trinajstić information content (AvgIpc) is 2.28. The van der Waals surface area contributed by atoms with E-state index in [-0.39, 0.29) is 5.91 Å². The summed E-state index contributed by atoms with van der Waals surface area (Å²) in [6.07, 6.45) is 2.20. The van der Waals surface area contributed by atoms with Gasteiger partial charge in [-0.15, -0.1) is 0 Å². The van der Waals surface area contributed by atoms with E-state index in [4.69, 9.17) is 5.73 Å². The summed E-state index contributed by atoms with van der Waals surface area (Å²) in [6.45, 7) is 2.70. The average molecular weight is 219 g/mol. The molecule has 1 atom stereocenters. The van der Waals surface area contributed by atoms with Gasteiger partial charge in [0.05, 0.1) is 6.04 Å². The van der Waals surface area contributed by atoms with Gasteiger partial charge in [0.2, 0.25) is 5.91 Å². The summed E-state index contributed by atoms with van der Waals surface area (Å²) < 4.78 is 0. The molecule has 0 aromatic heterocycles. The highest BCUT2D eigenvalue weighted by atomic mass is 16.2. The summed E-state index contributed by atoms with van der Waals surface area (Å²) in [5, 5.41) is 6.13. The molecule has 1 aromatic carbocycles. The van der Waals surface area contributed by atoms with Crippen molar-refractivity contribution in [2.45, 2.75) is 25.8 Å². The topological polar surface area (TPSA) is 67.2 Å². The lowest BCUT2D eigenvalue weighted by atomic mass is 10.0. The standard InChI is InChI=1S/C12H17N3O/c1-8(13)12(16)15-10-4-5-11-9(7-10)3-2-6-14-11/h4-5,7-8,14H,2-3,6,13H2,1H3,(H,15,16)/t8-/m0/s1. The number of amides is 1. The zero-order valence-electron chi connectivity index (χ0n) is 9.42. The first kappa shape index (κ1) is 11.0. The maximum Gasteiger partial charge on any atom is 0.240 e. The normalized spacial score (nSPS) is 15.9. The predicted molar refractivity (Wildman–Crippen MR) is 65.5 cm³/mol. The van der Waals surface area contributed by atoms with Crippen molar-refractivity contribution < 1.29 is 4.79 Å². The Balaban J connectivity index is 2.14. The molecule has 0 saturated heterocycles. The van der Waals surface area contributed by atoms with E-state index in [2.05, 4.69) is 10.6 Å². The number of hydrogen-bond donors (Lipinski definition) is 3. The Bertz CT molecular complexity index is 401. The third-order valence-electron chi connectivity index (χ3n) is 2.72. The van der Waals surface area contributed by atoms with E-state index in [9.17, 15) is 4.79 Å². The molecule has 0 saturated carbocycles. The zero-order chi connectivity index (χ0) is 11.5. The van der Waals surface area contributed by atoms with Gasteiger partial charge in [-0.3, -0.25) is 4.79 Å². The van der Waals surface area contributed by atoms with Gasteiger partial charge in [0, 0.05) is 17.9 Å². The zero-order valence-corrected chi connectivity index (χ0v) is 9.42. The fourth-order valence-electron chi connectivity index (χ4n) is 1.81. The van der Waals surface area contributed by atoms with Crippen LogP contribution in [0.4, 0.5) is 11.4 Å². The van der Waals surface area contributed by atoms with E-state index >= 15 is 0 Å². The molecule has 0 bridgehead atoms. The Labute approximate surface area is 95.2 Å². The van der Waals surface area contributed by atoms with Crippen LogP contribution in [0.2, 0.25) is 0 Å². The number of aryl methyl sites for hydroxylation is 1. The molecule has 1 aliphatic heterocycles. The number of benzene rings is 1. The number of nitrogens with one attached hydrogen (secondary N) is 2. The Kier molecular flexibility index (Phi) is 3.10. The number of anilines is 2. The number of nitrogens with two attached hydrogens (primary N) is 1. The highest BCUT2D eigenvalue weighted by Crippen LogP contribution is 2.25. The Morgan fingerprint density at radius 3 is 3.12 bits per heavy atom. The molecule has 0 aliphatic carbocycles.